The largest absolute Gasteiger partial charge is 0.452 e. The number of hydrogen-bond donors (Lipinski definition) is 0. The lowest BCUT2D eigenvalue weighted by atomic mass is 9.99. The van der Waals surface area contributed by atoms with Crippen LogP contribution in [0.1, 0.15) is 37.3 Å². The summed E-state index contributed by atoms with van der Waals surface area (Å²) in [7, 11) is -14.1. The summed E-state index contributed by atoms with van der Waals surface area (Å²) in [5.74, 6) is -7.47. The fourth-order valence-corrected chi connectivity index (χ4v) is 4.88. The van der Waals surface area contributed by atoms with Crippen molar-refractivity contribution in [3.63, 3.8) is 0 Å². The molecule has 0 radical (unpaired) electrons. The van der Waals surface area contributed by atoms with E-state index in [2.05, 4.69) is 4.28 Å². The summed E-state index contributed by atoms with van der Waals surface area (Å²) >= 11 is 0. The highest BCUT2D eigenvalue weighted by Crippen LogP contribution is 2.52. The van der Waals surface area contributed by atoms with Crippen molar-refractivity contribution in [2.75, 3.05) is 0 Å². The molecule has 17 heteroatoms. The highest BCUT2D eigenvalue weighted by molar-refractivity contribution is 7.92. The standard InChI is InChI=1S/C21H18F9NO5S2/c1-3-13(2)14-9-11-16(12-10-14)37(32,33)20(27,28)19(25,26)21(29,30)38(34,35)36-31-17(18(22,23)24)15-7-5-4-6-8-15/h4-13H,3H2,1-2H3/b31-17-. The molecule has 212 valence electrons. The molecule has 2 aromatic carbocycles. The molecule has 1 atom stereocenters. The molecule has 0 saturated carbocycles. The Morgan fingerprint density at radius 2 is 1.32 bits per heavy atom. The fraction of sp³-hybridized carbons (Fsp3) is 0.381. The first kappa shape index (κ1) is 31.4. The van der Waals surface area contributed by atoms with Gasteiger partial charge in [-0.25, -0.2) is 8.42 Å². The molecule has 0 N–H and O–H groups in total. The third kappa shape index (κ3) is 5.48. The summed E-state index contributed by atoms with van der Waals surface area (Å²) in [5.41, 5.74) is -2.86. The smallest absolute Gasteiger partial charge is 0.263 e. The Bertz CT molecular complexity index is 1370. The highest BCUT2D eigenvalue weighted by atomic mass is 32.2. The van der Waals surface area contributed by atoms with Crippen molar-refractivity contribution in [2.45, 2.75) is 53.7 Å². The van der Waals surface area contributed by atoms with Crippen LogP contribution in [-0.4, -0.2) is 45.2 Å². The summed E-state index contributed by atoms with van der Waals surface area (Å²) in [6.45, 7) is 3.37. The molecule has 0 fully saturated rings. The van der Waals surface area contributed by atoms with Crippen molar-refractivity contribution in [2.24, 2.45) is 5.16 Å². The monoisotopic (exact) mass is 599 g/mol. The van der Waals surface area contributed by atoms with E-state index in [9.17, 15) is 56.3 Å². The maximum atomic E-state index is 14.5. The van der Waals surface area contributed by atoms with E-state index >= 15 is 0 Å². The topological polar surface area (TPSA) is 89.9 Å². The van der Waals surface area contributed by atoms with Crippen LogP contribution in [0.5, 0.6) is 0 Å². The average Bonchev–Trinajstić information content (AvgIpc) is 2.83. The van der Waals surface area contributed by atoms with Gasteiger partial charge in [-0.3, -0.25) is 4.28 Å². The van der Waals surface area contributed by atoms with Crippen LogP contribution in [0.2, 0.25) is 0 Å². The van der Waals surface area contributed by atoms with Crippen molar-refractivity contribution in [1.82, 2.24) is 0 Å². The van der Waals surface area contributed by atoms with Crippen molar-refractivity contribution in [3.05, 3.63) is 65.7 Å². The van der Waals surface area contributed by atoms with E-state index in [1.54, 1.807) is 13.8 Å². The molecule has 0 saturated heterocycles. The highest BCUT2D eigenvalue weighted by Gasteiger charge is 2.83. The summed E-state index contributed by atoms with van der Waals surface area (Å²) in [4.78, 5) is -1.55. The second-order valence-corrected chi connectivity index (χ2v) is 11.4. The van der Waals surface area contributed by atoms with Gasteiger partial charge in [0.05, 0.1) is 4.90 Å². The van der Waals surface area contributed by atoms with Gasteiger partial charge in [0.25, 0.3) is 0 Å². The van der Waals surface area contributed by atoms with Crippen LogP contribution in [0.4, 0.5) is 39.5 Å². The van der Waals surface area contributed by atoms with Gasteiger partial charge in [-0.15, -0.1) is 0 Å². The molecule has 0 bridgehead atoms. The number of alkyl halides is 9. The lowest BCUT2D eigenvalue weighted by Gasteiger charge is -2.30. The van der Waals surface area contributed by atoms with Crippen LogP contribution in [0.15, 0.2) is 64.6 Å². The van der Waals surface area contributed by atoms with E-state index < -0.39 is 58.7 Å². The predicted octanol–water partition coefficient (Wildman–Crippen LogP) is 6.11. The third-order valence-electron chi connectivity index (χ3n) is 5.30. The molecule has 0 aliphatic rings. The van der Waals surface area contributed by atoms with E-state index in [1.165, 1.54) is 6.07 Å². The molecule has 2 aromatic rings. The molecule has 0 aromatic heterocycles. The van der Waals surface area contributed by atoms with Crippen LogP contribution >= 0.6 is 0 Å². The summed E-state index contributed by atoms with van der Waals surface area (Å²) < 4.78 is 177. The Morgan fingerprint density at radius 3 is 1.76 bits per heavy atom. The number of benzene rings is 2. The summed E-state index contributed by atoms with van der Waals surface area (Å²) in [5, 5.41) is -11.9. The fourth-order valence-electron chi connectivity index (χ4n) is 2.85. The lowest BCUT2D eigenvalue weighted by Crippen LogP contribution is -2.60. The number of rotatable bonds is 10. The quantitative estimate of drug-likeness (QED) is 0.187. The normalized spacial score (nSPS) is 15.3. The molecule has 6 nitrogen and oxygen atoms in total. The van der Waals surface area contributed by atoms with Crippen LogP contribution in [0.3, 0.4) is 0 Å². The molecule has 0 aliphatic heterocycles. The van der Waals surface area contributed by atoms with E-state index in [4.69, 9.17) is 0 Å². The minimum absolute atomic E-state index is 0.224. The Labute approximate surface area is 211 Å². The molecular weight excluding hydrogens is 581 g/mol. The first-order chi connectivity index (χ1) is 17.1. The van der Waals surface area contributed by atoms with E-state index in [0.717, 1.165) is 24.3 Å². The Morgan fingerprint density at radius 1 is 0.816 bits per heavy atom. The second-order valence-electron chi connectivity index (χ2n) is 7.82. The third-order valence-corrected chi connectivity index (χ3v) is 8.28. The zero-order chi connectivity index (χ0) is 29.4. The van der Waals surface area contributed by atoms with Crippen molar-refractivity contribution >= 4 is 25.7 Å². The first-order valence-corrected chi connectivity index (χ1v) is 13.2. The molecule has 2 rings (SSSR count). The van der Waals surface area contributed by atoms with Crippen LogP contribution in [0.25, 0.3) is 0 Å². The van der Waals surface area contributed by atoms with Gasteiger partial charge in [0, 0.05) is 5.56 Å². The second kappa shape index (κ2) is 10.4. The Balaban J connectivity index is 2.52. The maximum Gasteiger partial charge on any atom is 0.452 e. The Hall–Kier alpha value is -2.82. The summed E-state index contributed by atoms with van der Waals surface area (Å²) in [6.07, 6.45) is -5.07. The van der Waals surface area contributed by atoms with Crippen LogP contribution < -0.4 is 0 Å². The van der Waals surface area contributed by atoms with Gasteiger partial charge in [0.2, 0.25) is 9.84 Å². The molecular formula is C21H18F9NO5S2. The lowest BCUT2D eigenvalue weighted by molar-refractivity contribution is -0.246. The van der Waals surface area contributed by atoms with Gasteiger partial charge >= 0.3 is 32.7 Å². The van der Waals surface area contributed by atoms with Gasteiger partial charge in [-0.1, -0.05) is 61.5 Å². The number of hydrogen-bond acceptors (Lipinski definition) is 6. The van der Waals surface area contributed by atoms with Crippen molar-refractivity contribution in [3.8, 4) is 0 Å². The minimum Gasteiger partial charge on any atom is -0.263 e. The van der Waals surface area contributed by atoms with Gasteiger partial charge in [0.15, 0.2) is 5.71 Å². The molecule has 0 heterocycles. The molecule has 0 amide bonds. The maximum absolute atomic E-state index is 14.5. The zero-order valence-corrected chi connectivity index (χ0v) is 20.8. The number of halogens is 9. The van der Waals surface area contributed by atoms with E-state index in [1.807, 2.05) is 5.16 Å². The van der Waals surface area contributed by atoms with E-state index in [0.29, 0.717) is 36.2 Å². The molecule has 0 spiro atoms. The average molecular weight is 599 g/mol. The predicted molar refractivity (Wildman–Crippen MR) is 116 cm³/mol. The summed E-state index contributed by atoms with van der Waals surface area (Å²) in [6, 6.07) is 7.29. The van der Waals surface area contributed by atoms with Gasteiger partial charge in [-0.2, -0.15) is 47.9 Å². The van der Waals surface area contributed by atoms with Crippen LogP contribution in [-0.2, 0) is 24.2 Å². The van der Waals surface area contributed by atoms with Crippen molar-refractivity contribution in [1.29, 1.82) is 0 Å². The van der Waals surface area contributed by atoms with E-state index in [-0.39, 0.29) is 5.92 Å². The number of sulfone groups is 1. The van der Waals surface area contributed by atoms with Gasteiger partial charge in [0.1, 0.15) is 0 Å². The molecule has 0 aliphatic carbocycles. The van der Waals surface area contributed by atoms with Crippen LogP contribution in [0, 0.1) is 0 Å². The first-order valence-electron chi connectivity index (χ1n) is 10.3. The zero-order valence-electron chi connectivity index (χ0n) is 19.2. The Kier molecular flexibility index (Phi) is 8.58. The van der Waals surface area contributed by atoms with Gasteiger partial charge in [-0.05, 0) is 30.0 Å². The number of nitrogens with zero attached hydrogens (tertiary/aromatic N) is 1. The van der Waals surface area contributed by atoms with Crippen molar-refractivity contribution < 1.29 is 60.6 Å². The SMILES string of the molecule is CCC(C)c1ccc(S(=O)(=O)C(F)(F)C(F)(F)C(F)(F)S(=O)(=O)O/N=C(/c2ccccc2)C(F)(F)F)cc1. The molecule has 1 unspecified atom stereocenters. The number of oxime groups is 1. The minimum atomic E-state index is -7.44. The molecule has 38 heavy (non-hydrogen) atoms. The van der Waals surface area contributed by atoms with Gasteiger partial charge < -0.3 is 0 Å².